The van der Waals surface area contributed by atoms with E-state index >= 15 is 0 Å². The van der Waals surface area contributed by atoms with Crippen LogP contribution in [0.5, 0.6) is 0 Å². The molecule has 132 valence electrons. The van der Waals surface area contributed by atoms with Crippen molar-refractivity contribution in [3.63, 3.8) is 0 Å². The van der Waals surface area contributed by atoms with Crippen molar-refractivity contribution in [3.05, 3.63) is 71.4 Å². The van der Waals surface area contributed by atoms with Crippen molar-refractivity contribution < 1.29 is 14.3 Å². The molecule has 0 unspecified atom stereocenters. The average molecular weight is 348 g/mol. The molecule has 1 aliphatic carbocycles. The van der Waals surface area contributed by atoms with Crippen LogP contribution >= 0.6 is 0 Å². The molecule has 0 aliphatic heterocycles. The summed E-state index contributed by atoms with van der Waals surface area (Å²) in [6.45, 7) is -0.285. The molecule has 0 bridgehead atoms. The lowest BCUT2D eigenvalue weighted by Gasteiger charge is -2.26. The number of aromatic amines is 1. The number of amides is 1. The molecular formula is C21H20N2O3. The van der Waals surface area contributed by atoms with E-state index in [1.165, 1.54) is 5.56 Å². The molecule has 2 N–H and O–H groups in total. The predicted molar refractivity (Wildman–Crippen MR) is 98.8 cm³/mol. The summed E-state index contributed by atoms with van der Waals surface area (Å²) in [7, 11) is 0. The van der Waals surface area contributed by atoms with Gasteiger partial charge in [-0.15, -0.1) is 0 Å². The maximum Gasteiger partial charge on any atom is 0.355 e. The Kier molecular flexibility index (Phi) is 4.44. The Hall–Kier alpha value is -3.08. The molecule has 0 saturated carbocycles. The Labute approximate surface area is 151 Å². The summed E-state index contributed by atoms with van der Waals surface area (Å²) in [5.41, 5.74) is 3.65. The minimum absolute atomic E-state index is 0.0146. The van der Waals surface area contributed by atoms with Gasteiger partial charge in [0.2, 0.25) is 0 Å². The first-order valence-corrected chi connectivity index (χ1v) is 8.83. The van der Waals surface area contributed by atoms with Gasteiger partial charge in [-0.05, 0) is 42.5 Å². The van der Waals surface area contributed by atoms with Crippen LogP contribution in [0.4, 0.5) is 0 Å². The minimum atomic E-state index is -0.527. The second-order valence-corrected chi connectivity index (χ2v) is 6.56. The van der Waals surface area contributed by atoms with E-state index in [1.807, 2.05) is 36.4 Å². The predicted octanol–water partition coefficient (Wildman–Crippen LogP) is 3.52. The molecule has 26 heavy (non-hydrogen) atoms. The molecular weight excluding hydrogens is 328 g/mol. The van der Waals surface area contributed by atoms with Crippen LogP contribution in [0.2, 0.25) is 0 Å². The van der Waals surface area contributed by atoms with Gasteiger partial charge in [0.25, 0.3) is 5.91 Å². The van der Waals surface area contributed by atoms with Gasteiger partial charge < -0.3 is 15.0 Å². The molecule has 0 spiro atoms. The van der Waals surface area contributed by atoms with Gasteiger partial charge in [-0.25, -0.2) is 4.79 Å². The van der Waals surface area contributed by atoms with E-state index in [0.717, 1.165) is 35.7 Å². The number of fused-ring (bicyclic) bond motifs is 2. The Morgan fingerprint density at radius 3 is 2.81 bits per heavy atom. The van der Waals surface area contributed by atoms with Gasteiger partial charge in [0.05, 0.1) is 6.04 Å². The number of hydrogen-bond acceptors (Lipinski definition) is 3. The molecule has 0 fully saturated rings. The standard InChI is InChI=1S/C21H20N2O3/c24-20(23-18-11-5-8-14-6-1-3-9-16(14)18)13-26-21(25)19-12-15-7-2-4-10-17(15)22-19/h1-4,6-7,9-10,12,18,22H,5,8,11,13H2,(H,23,24)/t18-/m0/s1. The fourth-order valence-electron chi connectivity index (χ4n) is 3.53. The van der Waals surface area contributed by atoms with Crippen molar-refractivity contribution >= 4 is 22.8 Å². The summed E-state index contributed by atoms with van der Waals surface area (Å²) in [5.74, 6) is -0.809. The van der Waals surface area contributed by atoms with E-state index in [1.54, 1.807) is 6.07 Å². The van der Waals surface area contributed by atoms with Gasteiger partial charge in [0.15, 0.2) is 6.61 Å². The summed E-state index contributed by atoms with van der Waals surface area (Å²) >= 11 is 0. The van der Waals surface area contributed by atoms with E-state index < -0.39 is 5.97 Å². The van der Waals surface area contributed by atoms with E-state index in [0.29, 0.717) is 5.69 Å². The van der Waals surface area contributed by atoms with E-state index in [4.69, 9.17) is 4.74 Å². The Morgan fingerprint density at radius 2 is 1.92 bits per heavy atom. The van der Waals surface area contributed by atoms with Crippen LogP contribution in [0, 0.1) is 0 Å². The third-order valence-electron chi connectivity index (χ3n) is 4.79. The Morgan fingerprint density at radius 1 is 1.12 bits per heavy atom. The molecule has 1 aromatic heterocycles. The molecule has 2 aromatic carbocycles. The lowest BCUT2D eigenvalue weighted by atomic mass is 9.88. The number of rotatable bonds is 4. The lowest BCUT2D eigenvalue weighted by molar-refractivity contribution is -0.125. The zero-order valence-electron chi connectivity index (χ0n) is 14.3. The molecule has 4 rings (SSSR count). The quantitative estimate of drug-likeness (QED) is 0.709. The second kappa shape index (κ2) is 7.04. The monoisotopic (exact) mass is 348 g/mol. The molecule has 3 aromatic rings. The van der Waals surface area contributed by atoms with Crippen LogP contribution in [-0.4, -0.2) is 23.5 Å². The van der Waals surface area contributed by atoms with Gasteiger partial charge in [-0.1, -0.05) is 42.5 Å². The lowest BCUT2D eigenvalue weighted by Crippen LogP contribution is -2.34. The van der Waals surface area contributed by atoms with Crippen molar-refractivity contribution in [2.75, 3.05) is 6.61 Å². The summed E-state index contributed by atoms with van der Waals surface area (Å²) in [6.07, 6.45) is 2.98. The highest BCUT2D eigenvalue weighted by atomic mass is 16.5. The number of carbonyl (C=O) groups excluding carboxylic acids is 2. The third-order valence-corrected chi connectivity index (χ3v) is 4.79. The number of esters is 1. The fourth-order valence-corrected chi connectivity index (χ4v) is 3.53. The summed E-state index contributed by atoms with van der Waals surface area (Å²) in [5, 5.41) is 3.92. The Bertz CT molecular complexity index is 928. The van der Waals surface area contributed by atoms with Crippen LogP contribution in [0.15, 0.2) is 54.6 Å². The van der Waals surface area contributed by atoms with Gasteiger partial charge in [0, 0.05) is 10.9 Å². The van der Waals surface area contributed by atoms with Crippen molar-refractivity contribution in [2.45, 2.75) is 25.3 Å². The number of para-hydroxylation sites is 1. The second-order valence-electron chi connectivity index (χ2n) is 6.56. The first-order valence-electron chi connectivity index (χ1n) is 8.83. The maximum atomic E-state index is 12.2. The SMILES string of the molecule is O=C(COC(=O)c1cc2ccccc2[nH]1)N[C@H]1CCCc2ccccc21. The van der Waals surface area contributed by atoms with Crippen LogP contribution in [0.25, 0.3) is 10.9 Å². The number of aryl methyl sites for hydroxylation is 1. The first kappa shape index (κ1) is 16.4. The smallest absolute Gasteiger partial charge is 0.355 e. The largest absolute Gasteiger partial charge is 0.451 e. The third kappa shape index (κ3) is 3.33. The van der Waals surface area contributed by atoms with E-state index in [2.05, 4.69) is 22.4 Å². The maximum absolute atomic E-state index is 12.2. The zero-order valence-corrected chi connectivity index (χ0v) is 14.3. The van der Waals surface area contributed by atoms with Crippen molar-refractivity contribution in [1.29, 1.82) is 0 Å². The number of aromatic nitrogens is 1. The normalized spacial score (nSPS) is 16.1. The van der Waals surface area contributed by atoms with Crippen LogP contribution in [0.1, 0.15) is 40.5 Å². The minimum Gasteiger partial charge on any atom is -0.451 e. The molecule has 1 atom stereocenters. The molecule has 5 nitrogen and oxygen atoms in total. The van der Waals surface area contributed by atoms with Crippen LogP contribution < -0.4 is 5.32 Å². The average Bonchev–Trinajstić information content (AvgIpc) is 3.11. The number of nitrogens with one attached hydrogen (secondary N) is 2. The van der Waals surface area contributed by atoms with E-state index in [-0.39, 0.29) is 18.6 Å². The summed E-state index contributed by atoms with van der Waals surface area (Å²) in [6, 6.07) is 17.5. The highest BCUT2D eigenvalue weighted by molar-refractivity contribution is 5.95. The molecule has 1 heterocycles. The van der Waals surface area contributed by atoms with Crippen molar-refractivity contribution in [2.24, 2.45) is 0 Å². The number of carbonyl (C=O) groups is 2. The van der Waals surface area contributed by atoms with Gasteiger partial charge >= 0.3 is 5.97 Å². The molecule has 5 heteroatoms. The topological polar surface area (TPSA) is 71.2 Å². The molecule has 1 aliphatic rings. The highest BCUT2D eigenvalue weighted by Crippen LogP contribution is 2.29. The van der Waals surface area contributed by atoms with Gasteiger partial charge in [-0.3, -0.25) is 4.79 Å². The summed E-state index contributed by atoms with van der Waals surface area (Å²) in [4.78, 5) is 27.4. The van der Waals surface area contributed by atoms with E-state index in [9.17, 15) is 9.59 Å². The van der Waals surface area contributed by atoms with Crippen LogP contribution in [-0.2, 0) is 16.0 Å². The number of hydrogen-bond donors (Lipinski definition) is 2. The first-order chi connectivity index (χ1) is 12.7. The molecule has 0 radical (unpaired) electrons. The number of benzene rings is 2. The van der Waals surface area contributed by atoms with Gasteiger partial charge in [0.1, 0.15) is 5.69 Å². The van der Waals surface area contributed by atoms with Gasteiger partial charge in [-0.2, -0.15) is 0 Å². The van der Waals surface area contributed by atoms with Crippen LogP contribution in [0.3, 0.4) is 0 Å². The fraction of sp³-hybridized carbons (Fsp3) is 0.238. The Balaban J connectivity index is 1.36. The summed E-state index contributed by atoms with van der Waals surface area (Å²) < 4.78 is 5.17. The van der Waals surface area contributed by atoms with Crippen molar-refractivity contribution in [3.8, 4) is 0 Å². The van der Waals surface area contributed by atoms with Crippen molar-refractivity contribution in [1.82, 2.24) is 10.3 Å². The number of ether oxygens (including phenoxy) is 1. The molecule has 0 saturated heterocycles. The molecule has 1 amide bonds. The highest BCUT2D eigenvalue weighted by Gasteiger charge is 2.22. The zero-order chi connectivity index (χ0) is 17.9. The number of H-pyrrole nitrogens is 1.